The molecule has 11 heteroatoms. The number of pyridine rings is 1. The van der Waals surface area contributed by atoms with Gasteiger partial charge in [-0.3, -0.25) is 0 Å². The lowest BCUT2D eigenvalue weighted by molar-refractivity contribution is 0.0973. The van der Waals surface area contributed by atoms with Gasteiger partial charge in [-0.25, -0.2) is 15.0 Å². The number of ether oxygens (including phenoxy) is 1. The molecular weight excluding hydrogens is 474 g/mol. The lowest BCUT2D eigenvalue weighted by Crippen LogP contribution is -2.51. The van der Waals surface area contributed by atoms with E-state index in [1.54, 1.807) is 12.4 Å². The summed E-state index contributed by atoms with van der Waals surface area (Å²) in [6.45, 7) is 6.63. The number of aliphatic hydroxyl groups is 1. The van der Waals surface area contributed by atoms with Crippen LogP contribution < -0.4 is 21.3 Å². The number of nitrogens with zero attached hydrogens (tertiary/aromatic N) is 5. The van der Waals surface area contributed by atoms with Gasteiger partial charge in [0.2, 0.25) is 0 Å². The fourth-order valence-electron chi connectivity index (χ4n) is 5.18. The van der Waals surface area contributed by atoms with Gasteiger partial charge in [0, 0.05) is 54.6 Å². The molecule has 1 spiro atoms. The summed E-state index contributed by atoms with van der Waals surface area (Å²) in [5.74, 6) is 2.00. The molecule has 0 amide bonds. The van der Waals surface area contributed by atoms with E-state index in [0.29, 0.717) is 28.2 Å². The van der Waals surface area contributed by atoms with Gasteiger partial charge >= 0.3 is 0 Å². The summed E-state index contributed by atoms with van der Waals surface area (Å²) in [5.41, 5.74) is 12.8. The molecule has 3 saturated heterocycles. The fourth-order valence-corrected chi connectivity index (χ4v) is 6.32. The van der Waals surface area contributed by atoms with Crippen LogP contribution in [-0.4, -0.2) is 71.5 Å². The van der Waals surface area contributed by atoms with Crippen LogP contribution in [0, 0.1) is 11.3 Å². The van der Waals surface area contributed by atoms with Crippen LogP contribution in [0.3, 0.4) is 0 Å². The zero-order valence-electron chi connectivity index (χ0n) is 19.4. The van der Waals surface area contributed by atoms with Crippen LogP contribution in [0.5, 0.6) is 0 Å². The summed E-state index contributed by atoms with van der Waals surface area (Å²) in [4.78, 5) is 19.1. The Kier molecular flexibility index (Phi) is 6.89. The molecule has 0 aliphatic carbocycles. The van der Waals surface area contributed by atoms with Crippen molar-refractivity contribution in [3.05, 3.63) is 29.2 Å². The van der Waals surface area contributed by atoms with Gasteiger partial charge in [-0.05, 0) is 32.4 Å². The van der Waals surface area contributed by atoms with Gasteiger partial charge in [0.25, 0.3) is 0 Å². The van der Waals surface area contributed by atoms with Gasteiger partial charge in [-0.2, -0.15) is 0 Å². The van der Waals surface area contributed by atoms with E-state index in [1.807, 2.05) is 6.07 Å². The predicted octanol–water partition coefficient (Wildman–Crippen LogP) is 1.90. The molecule has 3 aliphatic heterocycles. The number of aromatic nitrogens is 3. The molecule has 2 aromatic heterocycles. The first kappa shape index (κ1) is 24.0. The maximum absolute atomic E-state index is 10.0. The molecule has 2 atom stereocenters. The van der Waals surface area contributed by atoms with Gasteiger partial charge < -0.3 is 31.1 Å². The molecule has 0 unspecified atom stereocenters. The number of rotatable bonds is 6. The lowest BCUT2D eigenvalue weighted by atomic mass is 9.73. The zero-order valence-corrected chi connectivity index (χ0v) is 20.9. The zero-order chi connectivity index (χ0) is 23.9. The standard InChI is InChI=1S/C23H32ClN7O2S/c1-14-20(26)23(13-33-14)3-6-30(7-4-23)21-16(12-32)29-18(9-28-21)34-17-2-5-27-22(19(17)24)31-10-15(8-25)11-31/h2,5,9,14-15,20,32H,3-4,6-8,10-13,25-26H2,1H3/t14-,20+/m0/s1. The third-order valence-electron chi connectivity index (χ3n) is 7.50. The summed E-state index contributed by atoms with van der Waals surface area (Å²) in [6, 6.07) is 1.94. The van der Waals surface area contributed by atoms with E-state index in [9.17, 15) is 5.11 Å². The number of halogens is 1. The summed E-state index contributed by atoms with van der Waals surface area (Å²) < 4.78 is 5.83. The van der Waals surface area contributed by atoms with Crippen molar-refractivity contribution in [2.24, 2.45) is 22.8 Å². The smallest absolute Gasteiger partial charge is 0.152 e. The maximum atomic E-state index is 10.0. The number of aliphatic hydroxyl groups excluding tert-OH is 1. The minimum absolute atomic E-state index is 0.0367. The highest BCUT2D eigenvalue weighted by Crippen LogP contribution is 2.43. The third-order valence-corrected chi connectivity index (χ3v) is 8.95. The molecule has 3 aliphatic rings. The van der Waals surface area contributed by atoms with Crippen LogP contribution in [0.25, 0.3) is 0 Å². The van der Waals surface area contributed by atoms with Crippen molar-refractivity contribution < 1.29 is 9.84 Å². The Hall–Kier alpha value is -1.69. The molecule has 5 heterocycles. The Balaban J connectivity index is 1.29. The summed E-state index contributed by atoms with van der Waals surface area (Å²) >= 11 is 8.11. The third kappa shape index (κ3) is 4.36. The van der Waals surface area contributed by atoms with Gasteiger partial charge in [0.05, 0.1) is 30.5 Å². The molecule has 5 N–H and O–H groups in total. The quantitative estimate of drug-likeness (QED) is 0.535. The molecule has 184 valence electrons. The Morgan fingerprint density at radius 2 is 2.00 bits per heavy atom. The van der Waals surface area contributed by atoms with Crippen molar-refractivity contribution >= 4 is 35.0 Å². The van der Waals surface area contributed by atoms with E-state index < -0.39 is 0 Å². The van der Waals surface area contributed by atoms with E-state index >= 15 is 0 Å². The summed E-state index contributed by atoms with van der Waals surface area (Å²) in [7, 11) is 0. The average molecular weight is 506 g/mol. The van der Waals surface area contributed by atoms with Crippen LogP contribution in [-0.2, 0) is 11.3 Å². The van der Waals surface area contributed by atoms with Crippen LogP contribution in [0.15, 0.2) is 28.4 Å². The summed E-state index contributed by atoms with van der Waals surface area (Å²) in [6.07, 6.45) is 5.49. The number of hydrogen-bond acceptors (Lipinski definition) is 10. The molecule has 5 rings (SSSR count). The second-order valence-electron chi connectivity index (χ2n) is 9.58. The Bertz CT molecular complexity index is 1030. The molecule has 0 saturated carbocycles. The highest BCUT2D eigenvalue weighted by Gasteiger charge is 2.47. The largest absolute Gasteiger partial charge is 0.390 e. The Morgan fingerprint density at radius 3 is 2.65 bits per heavy atom. The van der Waals surface area contributed by atoms with E-state index in [4.69, 9.17) is 37.8 Å². The average Bonchev–Trinajstić information content (AvgIpc) is 3.09. The maximum Gasteiger partial charge on any atom is 0.152 e. The van der Waals surface area contributed by atoms with Crippen LogP contribution in [0.2, 0.25) is 5.02 Å². The summed E-state index contributed by atoms with van der Waals surface area (Å²) in [5, 5.41) is 11.3. The van der Waals surface area contributed by atoms with Crippen LogP contribution >= 0.6 is 23.4 Å². The normalized spacial score (nSPS) is 24.6. The highest BCUT2D eigenvalue weighted by atomic mass is 35.5. The molecule has 0 radical (unpaired) electrons. The van der Waals surface area contributed by atoms with Crippen molar-refractivity contribution in [3.63, 3.8) is 0 Å². The van der Waals surface area contributed by atoms with Crippen molar-refractivity contribution in [1.29, 1.82) is 0 Å². The second kappa shape index (κ2) is 9.75. The van der Waals surface area contributed by atoms with Gasteiger partial charge in [-0.1, -0.05) is 23.4 Å². The number of piperidine rings is 1. The van der Waals surface area contributed by atoms with Crippen LogP contribution in [0.1, 0.15) is 25.5 Å². The fraction of sp³-hybridized carbons (Fsp3) is 0.609. The lowest BCUT2D eigenvalue weighted by Gasteiger charge is -2.41. The minimum Gasteiger partial charge on any atom is -0.390 e. The molecular formula is C23H32ClN7O2S. The number of hydrogen-bond donors (Lipinski definition) is 3. The first-order chi connectivity index (χ1) is 16.4. The topological polar surface area (TPSA) is 127 Å². The van der Waals surface area contributed by atoms with E-state index in [-0.39, 0.29) is 24.2 Å². The van der Waals surface area contributed by atoms with E-state index in [2.05, 4.69) is 21.7 Å². The van der Waals surface area contributed by atoms with Crippen molar-refractivity contribution in [1.82, 2.24) is 15.0 Å². The van der Waals surface area contributed by atoms with Gasteiger partial charge in [0.15, 0.2) is 5.82 Å². The monoisotopic (exact) mass is 505 g/mol. The first-order valence-corrected chi connectivity index (χ1v) is 13.0. The number of anilines is 2. The molecule has 0 bridgehead atoms. The first-order valence-electron chi connectivity index (χ1n) is 11.8. The second-order valence-corrected chi connectivity index (χ2v) is 11.0. The number of nitrogens with two attached hydrogens (primary N) is 2. The SMILES string of the molecule is C[C@@H]1OCC2(CCN(c3ncc(Sc4ccnc(N5CC(CN)C5)c4Cl)nc3CO)CC2)[C@@H]1N. The van der Waals surface area contributed by atoms with Crippen molar-refractivity contribution in [2.75, 3.05) is 49.1 Å². The molecule has 2 aromatic rings. The Morgan fingerprint density at radius 1 is 1.24 bits per heavy atom. The van der Waals surface area contributed by atoms with E-state index in [0.717, 1.165) is 62.2 Å². The minimum atomic E-state index is -0.179. The highest BCUT2D eigenvalue weighted by molar-refractivity contribution is 7.99. The molecule has 34 heavy (non-hydrogen) atoms. The van der Waals surface area contributed by atoms with Gasteiger partial charge in [0.1, 0.15) is 16.5 Å². The van der Waals surface area contributed by atoms with Crippen molar-refractivity contribution in [3.8, 4) is 0 Å². The molecule has 9 nitrogen and oxygen atoms in total. The predicted molar refractivity (Wildman–Crippen MR) is 133 cm³/mol. The Labute approximate surface area is 209 Å². The van der Waals surface area contributed by atoms with Gasteiger partial charge in [-0.15, -0.1) is 0 Å². The molecule has 0 aromatic carbocycles. The molecule has 3 fully saturated rings. The van der Waals surface area contributed by atoms with Crippen molar-refractivity contribution in [2.45, 2.75) is 48.4 Å². The van der Waals surface area contributed by atoms with Crippen LogP contribution in [0.4, 0.5) is 11.6 Å². The van der Waals surface area contributed by atoms with E-state index in [1.165, 1.54) is 11.8 Å².